The van der Waals surface area contributed by atoms with Crippen LogP contribution in [-0.4, -0.2) is 50.0 Å². The summed E-state index contributed by atoms with van der Waals surface area (Å²) in [4.78, 5) is 25.3. The van der Waals surface area contributed by atoms with Gasteiger partial charge in [-0.3, -0.25) is 14.7 Å². The van der Waals surface area contributed by atoms with Gasteiger partial charge in [-0.25, -0.2) is 4.98 Å². The Hall–Kier alpha value is -3.51. The second kappa shape index (κ2) is 12.1. The molecule has 0 spiro atoms. The fraction of sp³-hybridized carbons (Fsp3) is 0.500. The van der Waals surface area contributed by atoms with E-state index in [0.29, 0.717) is 18.1 Å². The molecule has 2 bridgehead atoms. The van der Waals surface area contributed by atoms with Crippen molar-refractivity contribution in [1.82, 2.24) is 24.8 Å². The fourth-order valence-corrected chi connectivity index (χ4v) is 9.13. The van der Waals surface area contributed by atoms with Gasteiger partial charge in [0.25, 0.3) is 5.91 Å². The van der Waals surface area contributed by atoms with Crippen molar-refractivity contribution >= 4 is 16.9 Å². The van der Waals surface area contributed by atoms with E-state index >= 15 is 0 Å². The summed E-state index contributed by atoms with van der Waals surface area (Å²) in [7, 11) is 0. The first-order chi connectivity index (χ1) is 21.4. The normalized spacial score (nSPS) is 27.1. The van der Waals surface area contributed by atoms with E-state index in [4.69, 9.17) is 4.98 Å². The van der Waals surface area contributed by atoms with Gasteiger partial charge in [-0.05, 0) is 126 Å². The van der Waals surface area contributed by atoms with E-state index in [1.165, 1.54) is 56.1 Å². The van der Waals surface area contributed by atoms with Crippen molar-refractivity contribution in [2.45, 2.75) is 115 Å². The van der Waals surface area contributed by atoms with Crippen LogP contribution in [0.5, 0.6) is 0 Å². The number of piperidine rings is 1. The van der Waals surface area contributed by atoms with Gasteiger partial charge in [0.05, 0.1) is 22.3 Å². The Morgan fingerprint density at radius 1 is 0.886 bits per heavy atom. The lowest BCUT2D eigenvalue weighted by molar-refractivity contribution is 0.0903. The number of amides is 1. The third kappa shape index (κ3) is 5.47. The number of hydrogen-bond donors (Lipinski definition) is 1. The van der Waals surface area contributed by atoms with Crippen molar-refractivity contribution in [3.05, 3.63) is 95.1 Å². The lowest BCUT2D eigenvalue weighted by Crippen LogP contribution is -2.45. The van der Waals surface area contributed by atoms with Crippen molar-refractivity contribution in [3.8, 4) is 0 Å². The highest BCUT2D eigenvalue weighted by Gasteiger charge is 2.42. The Morgan fingerprint density at radius 2 is 1.59 bits per heavy atom. The summed E-state index contributed by atoms with van der Waals surface area (Å²) >= 11 is 0. The number of aryl methyl sites for hydroxylation is 3. The zero-order valence-electron chi connectivity index (χ0n) is 26.6. The first kappa shape index (κ1) is 29.2. The number of hydrogen-bond acceptors (Lipinski definition) is 4. The van der Waals surface area contributed by atoms with Crippen LogP contribution in [0.1, 0.15) is 103 Å². The molecule has 6 heteroatoms. The quantitative estimate of drug-likeness (QED) is 0.230. The molecule has 4 heterocycles. The molecule has 3 fully saturated rings. The van der Waals surface area contributed by atoms with Gasteiger partial charge >= 0.3 is 0 Å². The van der Waals surface area contributed by atoms with E-state index in [0.717, 1.165) is 53.8 Å². The third-order valence-electron chi connectivity index (χ3n) is 11.3. The molecule has 3 aliphatic rings. The summed E-state index contributed by atoms with van der Waals surface area (Å²) in [5, 5.41) is 3.37. The maximum absolute atomic E-state index is 13.2. The summed E-state index contributed by atoms with van der Waals surface area (Å²) in [5.74, 6) is 1.19. The molecule has 1 N–H and O–H groups in total. The van der Waals surface area contributed by atoms with Gasteiger partial charge in [-0.1, -0.05) is 42.5 Å². The Labute approximate surface area is 262 Å². The monoisotopic (exact) mass is 589 g/mol. The van der Waals surface area contributed by atoms with E-state index < -0.39 is 0 Å². The van der Waals surface area contributed by atoms with Gasteiger partial charge in [0, 0.05) is 30.4 Å². The third-order valence-corrected chi connectivity index (χ3v) is 11.3. The number of carbonyl (C=O) groups is 1. The van der Waals surface area contributed by atoms with Crippen LogP contribution in [0.3, 0.4) is 0 Å². The van der Waals surface area contributed by atoms with Crippen LogP contribution in [-0.2, 0) is 5.41 Å². The molecule has 2 atom stereocenters. The number of benzene rings is 2. The number of rotatable bonds is 8. The zero-order valence-corrected chi connectivity index (χ0v) is 26.6. The van der Waals surface area contributed by atoms with E-state index in [1.54, 1.807) is 6.20 Å². The molecule has 2 unspecified atom stereocenters. The molecule has 0 radical (unpaired) electrons. The molecule has 44 heavy (non-hydrogen) atoms. The summed E-state index contributed by atoms with van der Waals surface area (Å²) in [5.41, 5.74) is 6.63. The second-order valence-electron chi connectivity index (χ2n) is 13.9. The smallest absolute Gasteiger partial charge is 0.253 e. The predicted molar refractivity (Wildman–Crippen MR) is 177 cm³/mol. The lowest BCUT2D eigenvalue weighted by atomic mass is 9.65. The first-order valence-corrected chi connectivity index (χ1v) is 16.9. The summed E-state index contributed by atoms with van der Waals surface area (Å²) in [6.45, 7) is 7.30. The van der Waals surface area contributed by atoms with Crippen LogP contribution in [0.15, 0.2) is 66.9 Å². The maximum atomic E-state index is 13.2. The topological polar surface area (TPSA) is 63.1 Å². The SMILES string of the molecule is Cc1ccnc(C)c1C(=O)NC1CCC(CCCN2C3CCC2CC(n2c(C)nc4ccccc42)C3)(c2ccccc2)CC1. The molecular formula is C38H47N5O. The molecule has 2 aromatic carbocycles. The van der Waals surface area contributed by atoms with Crippen LogP contribution in [0.2, 0.25) is 0 Å². The minimum atomic E-state index is 0.0306. The molecule has 2 aliphatic heterocycles. The molecule has 230 valence electrons. The number of nitrogens with one attached hydrogen (secondary N) is 1. The number of imidazole rings is 1. The number of nitrogens with zero attached hydrogens (tertiary/aromatic N) is 4. The van der Waals surface area contributed by atoms with Gasteiger partial charge < -0.3 is 9.88 Å². The molecule has 2 saturated heterocycles. The van der Waals surface area contributed by atoms with Crippen LogP contribution < -0.4 is 5.32 Å². The summed E-state index contributed by atoms with van der Waals surface area (Å²) < 4.78 is 2.54. The zero-order chi connectivity index (χ0) is 30.3. The first-order valence-electron chi connectivity index (χ1n) is 16.9. The largest absolute Gasteiger partial charge is 0.349 e. The molecular weight excluding hydrogens is 542 g/mol. The molecule has 1 amide bonds. The number of fused-ring (bicyclic) bond motifs is 3. The van der Waals surface area contributed by atoms with Gasteiger partial charge in [0.15, 0.2) is 0 Å². The van der Waals surface area contributed by atoms with Crippen molar-refractivity contribution < 1.29 is 4.79 Å². The summed E-state index contributed by atoms with van der Waals surface area (Å²) in [6.07, 6.45) is 13.6. The molecule has 6 nitrogen and oxygen atoms in total. The van der Waals surface area contributed by atoms with Crippen molar-refractivity contribution in [3.63, 3.8) is 0 Å². The van der Waals surface area contributed by atoms with Crippen LogP contribution >= 0.6 is 0 Å². The van der Waals surface area contributed by atoms with Gasteiger partial charge in [0.2, 0.25) is 0 Å². The van der Waals surface area contributed by atoms with Crippen LogP contribution in [0.25, 0.3) is 11.0 Å². The second-order valence-corrected chi connectivity index (χ2v) is 13.9. The minimum absolute atomic E-state index is 0.0306. The highest BCUT2D eigenvalue weighted by atomic mass is 16.1. The Morgan fingerprint density at radius 3 is 2.32 bits per heavy atom. The summed E-state index contributed by atoms with van der Waals surface area (Å²) in [6, 6.07) is 23.9. The maximum Gasteiger partial charge on any atom is 0.253 e. The lowest BCUT2D eigenvalue weighted by Gasteiger charge is -2.43. The Kier molecular flexibility index (Phi) is 8.04. The Balaban J connectivity index is 0.996. The molecule has 1 saturated carbocycles. The average Bonchev–Trinajstić information content (AvgIpc) is 3.48. The number of pyridine rings is 1. The molecule has 4 aromatic rings. The van der Waals surface area contributed by atoms with Crippen molar-refractivity contribution in [2.24, 2.45) is 0 Å². The van der Waals surface area contributed by atoms with Crippen LogP contribution in [0, 0.1) is 20.8 Å². The number of para-hydroxylation sites is 2. The van der Waals surface area contributed by atoms with Crippen molar-refractivity contribution in [1.29, 1.82) is 0 Å². The standard InChI is InChI=1S/C38H47N5O/c1-26-18-22-39-27(2)36(26)37(44)41-30-16-20-38(21-17-30,29-10-5-4-6-11-29)19-9-23-42-31-14-15-32(42)25-33(24-31)43-28(3)40-34-12-7-8-13-35(34)43/h4-8,10-13,18,22,30-33H,9,14-17,19-21,23-25H2,1-3H3,(H,41,44). The Bertz CT molecular complexity index is 1580. The molecule has 1 aliphatic carbocycles. The minimum Gasteiger partial charge on any atom is -0.349 e. The highest BCUT2D eigenvalue weighted by Crippen LogP contribution is 2.45. The fourth-order valence-electron chi connectivity index (χ4n) is 9.13. The van der Waals surface area contributed by atoms with Crippen LogP contribution in [0.4, 0.5) is 0 Å². The highest BCUT2D eigenvalue weighted by molar-refractivity contribution is 5.96. The molecule has 2 aromatic heterocycles. The predicted octanol–water partition coefficient (Wildman–Crippen LogP) is 7.62. The van der Waals surface area contributed by atoms with Gasteiger partial charge in [-0.2, -0.15) is 0 Å². The van der Waals surface area contributed by atoms with E-state index in [1.807, 2.05) is 19.9 Å². The van der Waals surface area contributed by atoms with Gasteiger partial charge in [0.1, 0.15) is 5.82 Å². The number of aromatic nitrogens is 3. The molecule has 7 rings (SSSR count). The average molecular weight is 590 g/mol. The van der Waals surface area contributed by atoms with E-state index in [-0.39, 0.29) is 17.4 Å². The van der Waals surface area contributed by atoms with E-state index in [9.17, 15) is 4.79 Å². The number of carbonyl (C=O) groups excluding carboxylic acids is 1. The van der Waals surface area contributed by atoms with Crippen molar-refractivity contribution in [2.75, 3.05) is 6.54 Å². The van der Waals surface area contributed by atoms with Gasteiger partial charge in [-0.15, -0.1) is 0 Å². The van der Waals surface area contributed by atoms with E-state index in [2.05, 4.69) is 81.3 Å².